The summed E-state index contributed by atoms with van der Waals surface area (Å²) in [5.41, 5.74) is 2.28. The molecular weight excluding hydrogens is 368 g/mol. The minimum atomic E-state index is -3.67. The quantitative estimate of drug-likeness (QED) is 0.757. The van der Waals surface area contributed by atoms with Crippen LogP contribution < -0.4 is 19.5 Å². The van der Waals surface area contributed by atoms with Crippen molar-refractivity contribution in [1.82, 2.24) is 4.72 Å². The van der Waals surface area contributed by atoms with E-state index in [0.717, 1.165) is 5.56 Å². The van der Waals surface area contributed by atoms with Crippen molar-refractivity contribution in [3.63, 3.8) is 0 Å². The van der Waals surface area contributed by atoms with E-state index >= 15 is 0 Å². The van der Waals surface area contributed by atoms with Crippen molar-refractivity contribution in [3.8, 4) is 11.5 Å². The van der Waals surface area contributed by atoms with Crippen LogP contribution in [0.15, 0.2) is 41.3 Å². The summed E-state index contributed by atoms with van der Waals surface area (Å²) in [6.07, 6.45) is 0.501. The second-order valence-electron chi connectivity index (χ2n) is 6.30. The average molecular weight is 390 g/mol. The van der Waals surface area contributed by atoms with E-state index in [4.69, 9.17) is 9.47 Å². The van der Waals surface area contributed by atoms with Gasteiger partial charge in [-0.2, -0.15) is 0 Å². The molecule has 1 atom stereocenters. The number of hydrogen-bond acceptors (Lipinski definition) is 5. The predicted molar refractivity (Wildman–Crippen MR) is 102 cm³/mol. The third kappa shape index (κ3) is 3.91. The molecule has 1 heterocycles. The third-order valence-corrected chi connectivity index (χ3v) is 6.06. The molecule has 0 radical (unpaired) electrons. The molecule has 0 unspecified atom stereocenters. The lowest BCUT2D eigenvalue weighted by atomic mass is 10.0. The highest BCUT2D eigenvalue weighted by Gasteiger charge is 2.28. The summed E-state index contributed by atoms with van der Waals surface area (Å²) in [5, 5.41) is 2.73. The van der Waals surface area contributed by atoms with Crippen LogP contribution in [0.25, 0.3) is 0 Å². The number of carbonyl (C=O) groups is 1. The number of anilines is 1. The van der Waals surface area contributed by atoms with Gasteiger partial charge < -0.3 is 14.8 Å². The molecule has 0 spiro atoms. The average Bonchev–Trinajstić information content (AvgIpc) is 2.95. The van der Waals surface area contributed by atoms with Crippen LogP contribution in [0.3, 0.4) is 0 Å². The summed E-state index contributed by atoms with van der Waals surface area (Å²) in [4.78, 5) is 11.9. The number of methoxy groups -OCH3 is 2. The van der Waals surface area contributed by atoms with E-state index in [0.29, 0.717) is 29.2 Å². The Bertz CT molecular complexity index is 972. The van der Waals surface area contributed by atoms with Crippen molar-refractivity contribution in [2.75, 3.05) is 26.1 Å². The van der Waals surface area contributed by atoms with E-state index in [1.165, 1.54) is 6.07 Å². The smallest absolute Gasteiger partial charge is 0.240 e. The summed E-state index contributed by atoms with van der Waals surface area (Å²) in [6, 6.07) is 10.1. The minimum Gasteiger partial charge on any atom is -0.493 e. The summed E-state index contributed by atoms with van der Waals surface area (Å²) in [6.45, 7) is 1.99. The van der Waals surface area contributed by atoms with Crippen molar-refractivity contribution < 1.29 is 22.7 Å². The Hall–Kier alpha value is -2.58. The van der Waals surface area contributed by atoms with E-state index < -0.39 is 10.0 Å². The lowest BCUT2D eigenvalue weighted by Gasteiger charge is -2.11. The molecule has 1 aliphatic rings. The zero-order chi connectivity index (χ0) is 19.6. The highest BCUT2D eigenvalue weighted by atomic mass is 32.2. The Labute approximate surface area is 158 Å². The zero-order valence-electron chi connectivity index (χ0n) is 15.4. The Morgan fingerprint density at radius 3 is 2.52 bits per heavy atom. The molecule has 1 amide bonds. The molecule has 0 saturated heterocycles. The van der Waals surface area contributed by atoms with Gasteiger partial charge in [0.25, 0.3) is 0 Å². The van der Waals surface area contributed by atoms with Crippen molar-refractivity contribution in [2.24, 2.45) is 0 Å². The number of benzene rings is 2. The Morgan fingerprint density at radius 2 is 1.81 bits per heavy atom. The minimum absolute atomic E-state index is 0.124. The van der Waals surface area contributed by atoms with Crippen LogP contribution in [0, 0.1) is 0 Å². The van der Waals surface area contributed by atoms with Gasteiger partial charge >= 0.3 is 0 Å². The normalized spacial score (nSPS) is 16.0. The first kappa shape index (κ1) is 19.2. The van der Waals surface area contributed by atoms with Gasteiger partial charge in [-0.3, -0.25) is 4.79 Å². The molecule has 0 bridgehead atoms. The van der Waals surface area contributed by atoms with E-state index in [1.54, 1.807) is 39.3 Å². The lowest BCUT2D eigenvalue weighted by Crippen LogP contribution is -2.26. The monoisotopic (exact) mass is 390 g/mol. The Morgan fingerprint density at radius 1 is 1.07 bits per heavy atom. The van der Waals surface area contributed by atoms with Crippen LogP contribution in [-0.4, -0.2) is 35.1 Å². The zero-order valence-corrected chi connectivity index (χ0v) is 16.2. The van der Waals surface area contributed by atoms with E-state index in [2.05, 4.69) is 10.0 Å². The fraction of sp³-hybridized carbons (Fsp3) is 0.316. The van der Waals surface area contributed by atoms with Crippen LogP contribution in [0.1, 0.15) is 24.0 Å². The number of hydrogen-bond donors (Lipinski definition) is 2. The van der Waals surface area contributed by atoms with Gasteiger partial charge in [0.15, 0.2) is 11.5 Å². The van der Waals surface area contributed by atoms with Crippen molar-refractivity contribution in [3.05, 3.63) is 47.5 Å². The highest BCUT2D eigenvalue weighted by molar-refractivity contribution is 7.89. The third-order valence-electron chi connectivity index (χ3n) is 4.60. The van der Waals surface area contributed by atoms with Gasteiger partial charge in [-0.05, 0) is 54.8 Å². The van der Waals surface area contributed by atoms with Crippen LogP contribution in [0.2, 0.25) is 0 Å². The van der Waals surface area contributed by atoms with E-state index in [9.17, 15) is 13.2 Å². The molecule has 0 aliphatic carbocycles. The van der Waals surface area contributed by atoms with Gasteiger partial charge in [-0.15, -0.1) is 0 Å². The van der Waals surface area contributed by atoms with E-state index in [1.807, 2.05) is 12.1 Å². The van der Waals surface area contributed by atoms with Gasteiger partial charge in [0.1, 0.15) is 0 Å². The van der Waals surface area contributed by atoms with Crippen molar-refractivity contribution in [1.29, 1.82) is 0 Å². The number of fused-ring (bicyclic) bond motifs is 1. The van der Waals surface area contributed by atoms with Gasteiger partial charge in [-0.25, -0.2) is 13.1 Å². The van der Waals surface area contributed by atoms with Crippen LogP contribution in [0.5, 0.6) is 11.5 Å². The first-order valence-corrected chi connectivity index (χ1v) is 9.99. The molecule has 27 heavy (non-hydrogen) atoms. The van der Waals surface area contributed by atoms with Crippen molar-refractivity contribution >= 4 is 21.6 Å². The molecule has 7 nitrogen and oxygen atoms in total. The fourth-order valence-corrected chi connectivity index (χ4v) is 4.08. The molecular formula is C19H22N2O5S. The van der Waals surface area contributed by atoms with Gasteiger partial charge in [-0.1, -0.05) is 6.07 Å². The molecule has 2 aromatic rings. The number of rotatable bonds is 7. The molecule has 3 rings (SSSR count). The van der Waals surface area contributed by atoms with Gasteiger partial charge in [0.2, 0.25) is 15.9 Å². The molecule has 0 fully saturated rings. The molecule has 2 N–H and O–H groups in total. The molecule has 144 valence electrons. The number of ether oxygens (including phenoxy) is 2. The molecule has 2 aromatic carbocycles. The van der Waals surface area contributed by atoms with Crippen LogP contribution in [0.4, 0.5) is 5.69 Å². The summed E-state index contributed by atoms with van der Waals surface area (Å²) in [5.74, 6) is 0.739. The summed E-state index contributed by atoms with van der Waals surface area (Å²) < 4.78 is 38.2. The van der Waals surface area contributed by atoms with E-state index in [-0.39, 0.29) is 23.3 Å². The number of carbonyl (C=O) groups excluding carboxylic acids is 1. The summed E-state index contributed by atoms with van der Waals surface area (Å²) in [7, 11) is -0.550. The molecule has 0 aromatic heterocycles. The lowest BCUT2D eigenvalue weighted by molar-refractivity contribution is -0.116. The standard InChI is InChI=1S/C19H22N2O5S/c1-12-15-11-14(5-6-16(15)21-19(12)22)27(23,24)20-9-8-13-4-7-17(25-2)18(10-13)26-3/h4-7,10-12,20H,8-9H2,1-3H3,(H,21,22)/t12-/m0/s1. The SMILES string of the molecule is COc1ccc(CCNS(=O)(=O)c2ccc3c(c2)[C@H](C)C(=O)N3)cc1OC. The number of nitrogens with one attached hydrogen (secondary N) is 2. The molecule has 1 aliphatic heterocycles. The maximum Gasteiger partial charge on any atom is 0.240 e. The highest BCUT2D eigenvalue weighted by Crippen LogP contribution is 2.33. The first-order valence-electron chi connectivity index (χ1n) is 8.51. The topological polar surface area (TPSA) is 93.7 Å². The maximum atomic E-state index is 12.6. The Kier molecular flexibility index (Phi) is 5.38. The summed E-state index contributed by atoms with van der Waals surface area (Å²) >= 11 is 0. The van der Waals surface area contributed by atoms with Crippen molar-refractivity contribution in [2.45, 2.75) is 24.2 Å². The fourth-order valence-electron chi connectivity index (χ4n) is 3.01. The van der Waals surface area contributed by atoms with Crippen LogP contribution in [-0.2, 0) is 21.2 Å². The second-order valence-corrected chi connectivity index (χ2v) is 8.06. The van der Waals surface area contributed by atoms with Gasteiger partial charge in [0.05, 0.1) is 25.0 Å². The number of amides is 1. The largest absolute Gasteiger partial charge is 0.493 e. The number of sulfonamides is 1. The molecule has 8 heteroatoms. The second kappa shape index (κ2) is 7.58. The molecule has 0 saturated carbocycles. The Balaban J connectivity index is 1.69. The maximum absolute atomic E-state index is 12.6. The first-order chi connectivity index (χ1) is 12.9. The van der Waals surface area contributed by atoms with Gasteiger partial charge in [0, 0.05) is 12.2 Å². The predicted octanol–water partition coefficient (Wildman–Crippen LogP) is 2.28. The van der Waals surface area contributed by atoms with Crippen LogP contribution >= 0.6 is 0 Å².